The molecule has 0 aliphatic rings. The minimum absolute atomic E-state index is 0.121. The van der Waals surface area contributed by atoms with Gasteiger partial charge in [0.15, 0.2) is 0 Å². The maximum Gasteiger partial charge on any atom is 0.248 e. The summed E-state index contributed by atoms with van der Waals surface area (Å²) in [6.07, 6.45) is 0. The SMILES string of the molecule is CC(C)(C)c1ccc(C(N)=O)cc1.Cc1ccc(C(N)=O)c(C)c1.Cc1ccc(C(N)=O)cc1.Cc1cccc(C(N)=O)c1.Cc1ccccc1C(N)=O. The van der Waals surface area contributed by atoms with Gasteiger partial charge in [0.1, 0.15) is 0 Å². The van der Waals surface area contributed by atoms with Crippen molar-refractivity contribution in [3.8, 4) is 0 Å². The Hall–Kier alpha value is -6.55. The maximum absolute atomic E-state index is 10.8. The summed E-state index contributed by atoms with van der Waals surface area (Å²) < 4.78 is 0. The Kier molecular flexibility index (Phi) is 18.3. The van der Waals surface area contributed by atoms with Gasteiger partial charge in [-0.15, -0.1) is 0 Å². The van der Waals surface area contributed by atoms with E-state index in [1.54, 1.807) is 54.6 Å². The second-order valence-corrected chi connectivity index (χ2v) is 13.5. The molecule has 0 aliphatic carbocycles. The van der Waals surface area contributed by atoms with Gasteiger partial charge in [0.2, 0.25) is 29.5 Å². The van der Waals surface area contributed by atoms with Crippen molar-refractivity contribution in [2.75, 3.05) is 0 Å². The van der Waals surface area contributed by atoms with E-state index >= 15 is 0 Å². The Morgan fingerprint density at radius 3 is 1.19 bits per heavy atom. The predicted molar refractivity (Wildman–Crippen MR) is 217 cm³/mol. The highest BCUT2D eigenvalue weighted by Crippen LogP contribution is 2.22. The van der Waals surface area contributed by atoms with E-state index in [1.165, 1.54) is 5.56 Å². The lowest BCUT2D eigenvalue weighted by Gasteiger charge is -2.18. The van der Waals surface area contributed by atoms with Gasteiger partial charge in [0, 0.05) is 27.8 Å². The lowest BCUT2D eigenvalue weighted by molar-refractivity contribution is 0.0991. The molecule has 0 bridgehead atoms. The van der Waals surface area contributed by atoms with Crippen LogP contribution in [0.5, 0.6) is 0 Å². The lowest BCUT2D eigenvalue weighted by atomic mass is 9.87. The number of aryl methyl sites for hydroxylation is 5. The number of primary amides is 5. The lowest BCUT2D eigenvalue weighted by Crippen LogP contribution is -2.13. The van der Waals surface area contributed by atoms with Gasteiger partial charge in [0.25, 0.3) is 0 Å². The minimum atomic E-state index is -0.375. The predicted octanol–water partition coefficient (Wildman–Crippen LogP) is 6.77. The van der Waals surface area contributed by atoms with E-state index in [1.807, 2.05) is 95.3 Å². The third-order valence-corrected chi connectivity index (χ3v) is 7.73. The first-order chi connectivity index (χ1) is 25.1. The molecule has 0 spiro atoms. The number of amides is 5. The normalized spacial score (nSPS) is 9.85. The van der Waals surface area contributed by atoms with Crippen molar-refractivity contribution >= 4 is 29.5 Å². The summed E-state index contributed by atoms with van der Waals surface area (Å²) in [5, 5.41) is 0. The summed E-state index contributed by atoms with van der Waals surface area (Å²) in [6, 6.07) is 34.6. The van der Waals surface area contributed by atoms with Crippen LogP contribution in [0.1, 0.15) is 106 Å². The zero-order chi connectivity index (χ0) is 41.2. The third kappa shape index (κ3) is 16.6. The van der Waals surface area contributed by atoms with Crippen LogP contribution < -0.4 is 28.7 Å². The van der Waals surface area contributed by atoms with Gasteiger partial charge >= 0.3 is 0 Å². The topological polar surface area (TPSA) is 215 Å². The van der Waals surface area contributed by atoms with Gasteiger partial charge in [-0.05, 0) is 105 Å². The number of nitrogens with two attached hydrogens (primary N) is 5. The van der Waals surface area contributed by atoms with E-state index in [0.717, 1.165) is 27.8 Å². The van der Waals surface area contributed by atoms with Crippen LogP contribution in [0.2, 0.25) is 0 Å². The average molecular weight is 732 g/mol. The molecule has 5 aromatic carbocycles. The largest absolute Gasteiger partial charge is 0.366 e. The fraction of sp³-hybridized carbons (Fsp3) is 0.205. The second kappa shape index (κ2) is 21.7. The molecule has 0 saturated heterocycles. The number of benzene rings is 5. The quantitative estimate of drug-likeness (QED) is 0.132. The highest BCUT2D eigenvalue weighted by molar-refractivity contribution is 5.95. The molecule has 0 heterocycles. The molecule has 0 radical (unpaired) electrons. The van der Waals surface area contributed by atoms with Crippen LogP contribution in [0, 0.1) is 34.6 Å². The monoisotopic (exact) mass is 731 g/mol. The number of hydrogen-bond acceptors (Lipinski definition) is 5. The Labute approximate surface area is 318 Å². The molecule has 0 unspecified atom stereocenters. The van der Waals surface area contributed by atoms with Crippen LogP contribution in [0.3, 0.4) is 0 Å². The van der Waals surface area contributed by atoms with Gasteiger partial charge < -0.3 is 28.7 Å². The first-order valence-corrected chi connectivity index (χ1v) is 17.0. The number of carbonyl (C=O) groups is 5. The number of rotatable bonds is 5. The van der Waals surface area contributed by atoms with Crippen LogP contribution in [0.4, 0.5) is 0 Å². The summed E-state index contributed by atoms with van der Waals surface area (Å²) in [7, 11) is 0. The van der Waals surface area contributed by atoms with Gasteiger partial charge in [0.05, 0.1) is 0 Å². The third-order valence-electron chi connectivity index (χ3n) is 7.73. The van der Waals surface area contributed by atoms with E-state index < -0.39 is 0 Å². The van der Waals surface area contributed by atoms with Crippen molar-refractivity contribution in [1.82, 2.24) is 0 Å². The highest BCUT2D eigenvalue weighted by atomic mass is 16.2. The molecule has 0 atom stereocenters. The van der Waals surface area contributed by atoms with E-state index in [-0.39, 0.29) is 35.0 Å². The van der Waals surface area contributed by atoms with Crippen molar-refractivity contribution in [2.24, 2.45) is 28.7 Å². The Morgan fingerprint density at radius 1 is 0.389 bits per heavy atom. The van der Waals surface area contributed by atoms with Crippen molar-refractivity contribution in [3.63, 3.8) is 0 Å². The van der Waals surface area contributed by atoms with Gasteiger partial charge in [-0.1, -0.05) is 104 Å². The molecular formula is C44H53N5O5. The molecule has 0 saturated carbocycles. The molecule has 5 rings (SSSR count). The van der Waals surface area contributed by atoms with Gasteiger partial charge in [-0.3, -0.25) is 24.0 Å². The van der Waals surface area contributed by atoms with Crippen molar-refractivity contribution < 1.29 is 24.0 Å². The molecular weight excluding hydrogens is 679 g/mol. The number of hydrogen-bond donors (Lipinski definition) is 5. The summed E-state index contributed by atoms with van der Waals surface area (Å²) >= 11 is 0. The maximum atomic E-state index is 10.8. The van der Waals surface area contributed by atoms with Crippen molar-refractivity contribution in [1.29, 1.82) is 0 Å². The molecule has 10 N–H and O–H groups in total. The average Bonchev–Trinajstić information content (AvgIpc) is 3.09. The smallest absolute Gasteiger partial charge is 0.248 e. The minimum Gasteiger partial charge on any atom is -0.366 e. The van der Waals surface area contributed by atoms with E-state index in [2.05, 4.69) is 20.8 Å². The first-order valence-electron chi connectivity index (χ1n) is 17.0. The molecule has 54 heavy (non-hydrogen) atoms. The van der Waals surface area contributed by atoms with E-state index in [9.17, 15) is 24.0 Å². The Morgan fingerprint density at radius 2 is 0.815 bits per heavy atom. The van der Waals surface area contributed by atoms with Crippen molar-refractivity contribution in [3.05, 3.63) is 176 Å². The zero-order valence-corrected chi connectivity index (χ0v) is 32.4. The summed E-state index contributed by atoms with van der Waals surface area (Å²) in [6.45, 7) is 16.0. The molecule has 10 heteroatoms. The molecule has 284 valence electrons. The highest BCUT2D eigenvalue weighted by Gasteiger charge is 2.13. The van der Waals surface area contributed by atoms with E-state index in [4.69, 9.17) is 28.7 Å². The first kappa shape index (κ1) is 45.5. The molecule has 0 aliphatic heterocycles. The van der Waals surface area contributed by atoms with Crippen LogP contribution in [-0.2, 0) is 5.41 Å². The Balaban J connectivity index is 0.000000339. The number of carbonyl (C=O) groups excluding carboxylic acids is 5. The Bertz CT molecular complexity index is 2030. The fourth-order valence-corrected chi connectivity index (χ4v) is 4.59. The van der Waals surface area contributed by atoms with E-state index in [0.29, 0.717) is 27.8 Å². The zero-order valence-electron chi connectivity index (χ0n) is 32.4. The molecule has 5 amide bonds. The van der Waals surface area contributed by atoms with Gasteiger partial charge in [-0.2, -0.15) is 0 Å². The molecule has 5 aromatic rings. The molecule has 10 nitrogen and oxygen atoms in total. The second-order valence-electron chi connectivity index (χ2n) is 13.5. The summed E-state index contributed by atoms with van der Waals surface area (Å²) in [5.74, 6) is -1.84. The standard InChI is InChI=1S/C11H15NO.C9H11NO.3C8H9NO/c1-11(2,3)9-6-4-8(5-7-9)10(12)13;1-6-3-4-8(9(10)11)7(2)5-6;1-6-2-4-7(5-3-6)8(9)10;1-6-3-2-4-7(5-6)8(9)10;1-6-4-2-3-5-7(6)8(9)10/h4-7H,1-3H3,(H2,12,13);3-5H,1-2H3,(H2,10,11);3*2-5H,1H3,(H2,9,10). The summed E-state index contributed by atoms with van der Waals surface area (Å²) in [4.78, 5) is 53.3. The van der Waals surface area contributed by atoms with Crippen molar-refractivity contribution in [2.45, 2.75) is 60.8 Å². The van der Waals surface area contributed by atoms with Crippen LogP contribution in [0.15, 0.2) is 115 Å². The fourth-order valence-electron chi connectivity index (χ4n) is 4.59. The van der Waals surface area contributed by atoms with Crippen LogP contribution in [-0.4, -0.2) is 29.5 Å². The summed E-state index contributed by atoms with van der Waals surface area (Å²) in [5.41, 5.74) is 34.8. The van der Waals surface area contributed by atoms with Crippen LogP contribution >= 0.6 is 0 Å². The van der Waals surface area contributed by atoms with Crippen LogP contribution in [0.25, 0.3) is 0 Å². The molecule has 0 fully saturated rings. The molecule has 0 aromatic heterocycles. The van der Waals surface area contributed by atoms with Gasteiger partial charge in [-0.25, -0.2) is 0 Å².